The molecule has 0 saturated heterocycles. The van der Waals surface area contributed by atoms with Gasteiger partial charge < -0.3 is 10.5 Å². The Morgan fingerprint density at radius 3 is 2.39 bits per heavy atom. The van der Waals surface area contributed by atoms with Gasteiger partial charge in [-0.05, 0) is 42.8 Å². The van der Waals surface area contributed by atoms with E-state index in [9.17, 15) is 0 Å². The third-order valence-electron chi connectivity index (χ3n) is 4.12. The van der Waals surface area contributed by atoms with E-state index in [0.29, 0.717) is 28.4 Å². The molecule has 0 unspecified atom stereocenters. The van der Waals surface area contributed by atoms with Crippen LogP contribution in [0.1, 0.15) is 16.7 Å². The molecule has 0 aliphatic carbocycles. The topological polar surface area (TPSA) is 96.1 Å². The summed E-state index contributed by atoms with van der Waals surface area (Å²) in [5.74, 6) is 0.548. The molecule has 0 atom stereocenters. The number of azo groups is 1. The van der Waals surface area contributed by atoms with Crippen molar-refractivity contribution in [2.75, 3.05) is 12.8 Å². The Morgan fingerprint density at radius 1 is 1.04 bits per heavy atom. The average Bonchev–Trinajstić information content (AvgIpc) is 2.74. The molecule has 0 heterocycles. The summed E-state index contributed by atoms with van der Waals surface area (Å²) in [6.07, 6.45) is 1.68. The number of aliphatic imine (C=N–C) groups is 1. The first-order chi connectivity index (χ1) is 13.6. The van der Waals surface area contributed by atoms with Crippen LogP contribution in [-0.4, -0.2) is 13.3 Å². The van der Waals surface area contributed by atoms with Crippen LogP contribution < -0.4 is 10.5 Å². The van der Waals surface area contributed by atoms with Crippen molar-refractivity contribution in [2.45, 2.75) is 6.92 Å². The SMILES string of the molecule is COc1c(C)c(N=Nc2ccccc2)cc(N)c1N=Cc1ccc(C#N)cc1. The maximum Gasteiger partial charge on any atom is 0.151 e. The average molecular weight is 369 g/mol. The Morgan fingerprint density at radius 2 is 1.75 bits per heavy atom. The van der Waals surface area contributed by atoms with Crippen LogP contribution >= 0.6 is 0 Å². The van der Waals surface area contributed by atoms with Crippen LogP contribution in [0.2, 0.25) is 0 Å². The monoisotopic (exact) mass is 369 g/mol. The molecule has 3 aromatic rings. The normalized spacial score (nSPS) is 11.0. The molecule has 6 heteroatoms. The zero-order chi connectivity index (χ0) is 19.9. The highest BCUT2D eigenvalue weighted by atomic mass is 16.5. The third-order valence-corrected chi connectivity index (χ3v) is 4.12. The van der Waals surface area contributed by atoms with E-state index in [0.717, 1.165) is 16.8 Å². The van der Waals surface area contributed by atoms with Crippen molar-refractivity contribution in [3.05, 3.63) is 77.4 Å². The lowest BCUT2D eigenvalue weighted by Gasteiger charge is -2.12. The summed E-state index contributed by atoms with van der Waals surface area (Å²) < 4.78 is 5.54. The number of hydrogen-bond acceptors (Lipinski definition) is 6. The molecule has 0 bridgehead atoms. The first-order valence-corrected chi connectivity index (χ1v) is 8.60. The number of ether oxygens (including phenoxy) is 1. The molecule has 0 amide bonds. The molecule has 0 radical (unpaired) electrons. The van der Waals surface area contributed by atoms with Crippen LogP contribution in [0.15, 0.2) is 75.9 Å². The van der Waals surface area contributed by atoms with Gasteiger partial charge in [0.25, 0.3) is 0 Å². The minimum Gasteiger partial charge on any atom is -0.494 e. The highest BCUT2D eigenvalue weighted by Gasteiger charge is 2.14. The molecule has 3 rings (SSSR count). The highest BCUT2D eigenvalue weighted by Crippen LogP contribution is 2.42. The Hall–Kier alpha value is -3.98. The van der Waals surface area contributed by atoms with Crippen LogP contribution in [0, 0.1) is 18.3 Å². The van der Waals surface area contributed by atoms with Crippen LogP contribution in [0.25, 0.3) is 0 Å². The van der Waals surface area contributed by atoms with Gasteiger partial charge in [-0.15, -0.1) is 0 Å². The van der Waals surface area contributed by atoms with E-state index in [2.05, 4.69) is 21.3 Å². The standard InChI is InChI=1S/C22H19N5O/c1-15-20(27-26-18-6-4-3-5-7-18)12-19(24)21(22(15)28-2)25-14-17-10-8-16(13-23)9-11-17/h3-12,14H,24H2,1-2H3. The van der Waals surface area contributed by atoms with Gasteiger partial charge in [0, 0.05) is 11.8 Å². The smallest absolute Gasteiger partial charge is 0.151 e. The maximum absolute atomic E-state index is 8.88. The molecule has 0 spiro atoms. The van der Waals surface area contributed by atoms with E-state index in [1.54, 1.807) is 31.5 Å². The molecule has 0 aromatic heterocycles. The second-order valence-electron chi connectivity index (χ2n) is 6.02. The van der Waals surface area contributed by atoms with Gasteiger partial charge in [-0.1, -0.05) is 30.3 Å². The number of methoxy groups -OCH3 is 1. The summed E-state index contributed by atoms with van der Waals surface area (Å²) >= 11 is 0. The molecule has 138 valence electrons. The Labute approximate surface area is 163 Å². The summed E-state index contributed by atoms with van der Waals surface area (Å²) in [5.41, 5.74) is 10.8. The van der Waals surface area contributed by atoms with Gasteiger partial charge in [0.15, 0.2) is 5.75 Å². The predicted molar refractivity (Wildman–Crippen MR) is 111 cm³/mol. The van der Waals surface area contributed by atoms with Gasteiger partial charge in [0.2, 0.25) is 0 Å². The fourth-order valence-electron chi connectivity index (χ4n) is 2.62. The van der Waals surface area contributed by atoms with Gasteiger partial charge in [-0.3, -0.25) is 4.99 Å². The number of hydrogen-bond donors (Lipinski definition) is 1. The fraction of sp³-hybridized carbons (Fsp3) is 0.0909. The van der Waals surface area contributed by atoms with Crippen molar-refractivity contribution in [1.29, 1.82) is 5.26 Å². The number of anilines is 1. The van der Waals surface area contributed by atoms with E-state index in [-0.39, 0.29) is 0 Å². The van der Waals surface area contributed by atoms with Crippen molar-refractivity contribution < 1.29 is 4.74 Å². The van der Waals surface area contributed by atoms with Gasteiger partial charge in [-0.25, -0.2) is 0 Å². The van der Waals surface area contributed by atoms with Crippen molar-refractivity contribution in [1.82, 2.24) is 0 Å². The third kappa shape index (κ3) is 4.22. The Kier molecular flexibility index (Phi) is 5.78. The lowest BCUT2D eigenvalue weighted by Crippen LogP contribution is -1.94. The molecule has 6 nitrogen and oxygen atoms in total. The van der Waals surface area contributed by atoms with Crippen LogP contribution in [0.5, 0.6) is 5.75 Å². The minimum atomic E-state index is 0.439. The lowest BCUT2D eigenvalue weighted by atomic mass is 10.1. The van der Waals surface area contributed by atoms with Gasteiger partial charge >= 0.3 is 0 Å². The van der Waals surface area contributed by atoms with Crippen LogP contribution in [0.4, 0.5) is 22.7 Å². The Bertz CT molecular complexity index is 1060. The van der Waals surface area contributed by atoms with E-state index >= 15 is 0 Å². The van der Waals surface area contributed by atoms with Gasteiger partial charge in [-0.2, -0.15) is 15.5 Å². The summed E-state index contributed by atoms with van der Waals surface area (Å²) in [5, 5.41) is 17.4. The fourth-order valence-corrected chi connectivity index (χ4v) is 2.62. The molecule has 0 saturated carbocycles. The van der Waals surface area contributed by atoms with Crippen molar-refractivity contribution in [2.24, 2.45) is 15.2 Å². The lowest BCUT2D eigenvalue weighted by molar-refractivity contribution is 0.413. The van der Waals surface area contributed by atoms with E-state index in [1.165, 1.54) is 0 Å². The second kappa shape index (κ2) is 8.60. The quantitative estimate of drug-likeness (QED) is 0.359. The first kappa shape index (κ1) is 18.8. The number of nitriles is 1. The van der Waals surface area contributed by atoms with E-state index < -0.39 is 0 Å². The Balaban J connectivity index is 1.94. The number of nitrogens with two attached hydrogens (primary N) is 1. The first-order valence-electron chi connectivity index (χ1n) is 8.60. The second-order valence-corrected chi connectivity index (χ2v) is 6.02. The summed E-state index contributed by atoms with van der Waals surface area (Å²) in [6.45, 7) is 1.89. The summed E-state index contributed by atoms with van der Waals surface area (Å²) in [7, 11) is 1.57. The molecular formula is C22H19N5O. The summed E-state index contributed by atoms with van der Waals surface area (Å²) in [4.78, 5) is 4.49. The zero-order valence-electron chi connectivity index (χ0n) is 15.6. The van der Waals surface area contributed by atoms with Gasteiger partial charge in [0.05, 0.1) is 35.8 Å². The number of rotatable bonds is 5. The number of nitrogens with zero attached hydrogens (tertiary/aromatic N) is 4. The largest absolute Gasteiger partial charge is 0.494 e. The van der Waals surface area contributed by atoms with Crippen molar-refractivity contribution >= 4 is 29.0 Å². The van der Waals surface area contributed by atoms with Gasteiger partial charge in [0.1, 0.15) is 5.69 Å². The summed E-state index contributed by atoms with van der Waals surface area (Å²) in [6, 6.07) is 20.4. The maximum atomic E-state index is 8.88. The molecule has 2 N–H and O–H groups in total. The van der Waals surface area contributed by atoms with Crippen LogP contribution in [0.3, 0.4) is 0 Å². The number of nitrogen functional groups attached to an aromatic ring is 1. The molecule has 28 heavy (non-hydrogen) atoms. The predicted octanol–water partition coefficient (Wildman–Crippen LogP) is 5.62. The minimum absolute atomic E-state index is 0.439. The molecule has 3 aromatic carbocycles. The van der Waals surface area contributed by atoms with Crippen molar-refractivity contribution in [3.8, 4) is 11.8 Å². The molecule has 0 aliphatic heterocycles. The zero-order valence-corrected chi connectivity index (χ0v) is 15.6. The molecule has 0 fully saturated rings. The molecular weight excluding hydrogens is 350 g/mol. The number of benzene rings is 3. The van der Waals surface area contributed by atoms with E-state index in [1.807, 2.05) is 49.4 Å². The van der Waals surface area contributed by atoms with Crippen molar-refractivity contribution in [3.63, 3.8) is 0 Å². The van der Waals surface area contributed by atoms with Crippen LogP contribution in [-0.2, 0) is 0 Å². The van der Waals surface area contributed by atoms with E-state index in [4.69, 9.17) is 15.7 Å². The molecule has 0 aliphatic rings. The highest BCUT2D eigenvalue weighted by molar-refractivity contribution is 5.87.